The van der Waals surface area contributed by atoms with Crippen LogP contribution in [-0.4, -0.2) is 59.8 Å². The second-order valence-electron chi connectivity index (χ2n) is 9.67. The number of carbonyl (C=O) groups excluding carboxylic acids is 4. The molecular weight excluding hydrogens is 436 g/mol. The summed E-state index contributed by atoms with van der Waals surface area (Å²) in [5, 5.41) is 15.6. The highest BCUT2D eigenvalue weighted by molar-refractivity contribution is 5.95. The van der Waals surface area contributed by atoms with Crippen molar-refractivity contribution >= 4 is 23.4 Å². The molecule has 0 saturated carbocycles. The van der Waals surface area contributed by atoms with E-state index in [9.17, 15) is 24.3 Å². The summed E-state index contributed by atoms with van der Waals surface area (Å²) in [6, 6.07) is -1.60. The molecule has 0 heterocycles. The number of carbonyl (C=O) groups is 4. The molecule has 7 N–H and O–H groups in total. The van der Waals surface area contributed by atoms with Gasteiger partial charge in [-0.1, -0.05) is 47.0 Å². The van der Waals surface area contributed by atoms with Crippen molar-refractivity contribution in [3.05, 3.63) is 0 Å². The maximum atomic E-state index is 13.0. The van der Waals surface area contributed by atoms with Crippen molar-refractivity contribution < 1.29 is 24.3 Å². The molecule has 9 heteroatoms. The molecule has 0 aliphatic rings. The molecule has 198 valence electrons. The standard InChI is InChI=1S/C25H48N4O5/c1-6-17(4)9-7-8-10-23(32)28-20(11-13-26)22(31)15-19(18(5)30)25(34)29-21(12-14-27)24(33)16(2)3/h16-21,30H,6-15,26-27H2,1-5H3,(H,28,32)(H,29,34)/t17?,18?,19-,20-,21-/m0/s1. The van der Waals surface area contributed by atoms with E-state index in [1.807, 2.05) is 0 Å². The minimum absolute atomic E-state index is 0.156. The van der Waals surface area contributed by atoms with E-state index >= 15 is 0 Å². The minimum atomic E-state index is -1.12. The number of ketones is 2. The van der Waals surface area contributed by atoms with Crippen LogP contribution >= 0.6 is 0 Å². The van der Waals surface area contributed by atoms with Crippen LogP contribution in [0.2, 0.25) is 0 Å². The molecule has 0 aliphatic carbocycles. The first-order chi connectivity index (χ1) is 16.0. The second-order valence-corrected chi connectivity index (χ2v) is 9.67. The van der Waals surface area contributed by atoms with Gasteiger partial charge in [-0.2, -0.15) is 0 Å². The number of rotatable bonds is 19. The Hall–Kier alpha value is -1.84. The maximum Gasteiger partial charge on any atom is 0.226 e. The van der Waals surface area contributed by atoms with Gasteiger partial charge < -0.3 is 27.2 Å². The van der Waals surface area contributed by atoms with Crippen LogP contribution in [0.5, 0.6) is 0 Å². The average molecular weight is 485 g/mol. The summed E-state index contributed by atoms with van der Waals surface area (Å²) >= 11 is 0. The molecule has 0 aliphatic heterocycles. The quantitative estimate of drug-likeness (QED) is 0.173. The normalized spacial score (nSPS) is 15.8. The summed E-state index contributed by atoms with van der Waals surface area (Å²) in [4.78, 5) is 50.6. The number of hydrogen-bond acceptors (Lipinski definition) is 7. The van der Waals surface area contributed by atoms with E-state index in [2.05, 4.69) is 24.5 Å². The van der Waals surface area contributed by atoms with Crippen molar-refractivity contribution in [3.63, 3.8) is 0 Å². The molecule has 2 amide bonds. The Morgan fingerprint density at radius 2 is 1.44 bits per heavy atom. The lowest BCUT2D eigenvalue weighted by atomic mass is 9.91. The summed E-state index contributed by atoms with van der Waals surface area (Å²) in [5.41, 5.74) is 11.2. The molecule has 9 nitrogen and oxygen atoms in total. The molecule has 0 bridgehead atoms. The van der Waals surface area contributed by atoms with Gasteiger partial charge in [0.05, 0.1) is 24.1 Å². The molecule has 0 fully saturated rings. The lowest BCUT2D eigenvalue weighted by Crippen LogP contribution is -2.49. The molecular formula is C25H48N4O5. The highest BCUT2D eigenvalue weighted by Crippen LogP contribution is 2.15. The van der Waals surface area contributed by atoms with Crippen LogP contribution in [0.25, 0.3) is 0 Å². The van der Waals surface area contributed by atoms with Gasteiger partial charge in [0.25, 0.3) is 0 Å². The first kappa shape index (κ1) is 32.2. The van der Waals surface area contributed by atoms with Crippen molar-refractivity contribution in [2.45, 2.75) is 104 Å². The fraction of sp³-hybridized carbons (Fsp3) is 0.840. The SMILES string of the molecule is CCC(C)CCCCC(=O)N[C@@H](CCN)C(=O)C[C@H](C(=O)N[C@@H](CCN)C(=O)C(C)C)C(C)O. The lowest BCUT2D eigenvalue weighted by Gasteiger charge is -2.25. The lowest BCUT2D eigenvalue weighted by molar-refractivity contribution is -0.137. The fourth-order valence-electron chi connectivity index (χ4n) is 3.70. The number of amides is 2. The number of Topliss-reactive ketones (excluding diaryl/α,β-unsaturated/α-hetero) is 2. The number of aliphatic hydroxyl groups excluding tert-OH is 1. The monoisotopic (exact) mass is 484 g/mol. The number of unbranched alkanes of at least 4 members (excludes halogenated alkanes) is 1. The van der Waals surface area contributed by atoms with E-state index in [4.69, 9.17) is 11.5 Å². The highest BCUT2D eigenvalue weighted by atomic mass is 16.3. The third kappa shape index (κ3) is 12.6. The molecule has 0 aromatic heterocycles. The molecule has 0 aromatic rings. The van der Waals surface area contributed by atoms with Crippen LogP contribution in [0.1, 0.15) is 86.0 Å². The van der Waals surface area contributed by atoms with Crippen LogP contribution in [0, 0.1) is 17.8 Å². The first-order valence-corrected chi connectivity index (χ1v) is 12.7. The van der Waals surface area contributed by atoms with Gasteiger partial charge in [-0.05, 0) is 45.2 Å². The van der Waals surface area contributed by atoms with E-state index in [0.717, 1.165) is 25.7 Å². The van der Waals surface area contributed by atoms with Crippen molar-refractivity contribution in [3.8, 4) is 0 Å². The fourth-order valence-corrected chi connectivity index (χ4v) is 3.70. The smallest absolute Gasteiger partial charge is 0.226 e. The Kier molecular flexibility index (Phi) is 16.6. The van der Waals surface area contributed by atoms with Crippen LogP contribution < -0.4 is 22.1 Å². The summed E-state index contributed by atoms with van der Waals surface area (Å²) < 4.78 is 0. The topological polar surface area (TPSA) is 165 Å². The van der Waals surface area contributed by atoms with E-state index in [-0.39, 0.29) is 55.7 Å². The summed E-state index contributed by atoms with van der Waals surface area (Å²) in [5.74, 6) is -2.06. The van der Waals surface area contributed by atoms with Crippen LogP contribution in [0.15, 0.2) is 0 Å². The maximum absolute atomic E-state index is 13.0. The largest absolute Gasteiger partial charge is 0.393 e. The zero-order valence-electron chi connectivity index (χ0n) is 21.8. The molecule has 0 rings (SSSR count). The molecule has 0 spiro atoms. The van der Waals surface area contributed by atoms with Crippen molar-refractivity contribution in [2.75, 3.05) is 13.1 Å². The Balaban J connectivity index is 5.10. The third-order valence-corrected chi connectivity index (χ3v) is 6.25. The van der Waals surface area contributed by atoms with Gasteiger partial charge >= 0.3 is 0 Å². The van der Waals surface area contributed by atoms with Crippen LogP contribution in [-0.2, 0) is 19.2 Å². The van der Waals surface area contributed by atoms with Crippen molar-refractivity contribution in [1.29, 1.82) is 0 Å². The minimum Gasteiger partial charge on any atom is -0.393 e. The Morgan fingerprint density at radius 1 is 0.853 bits per heavy atom. The van der Waals surface area contributed by atoms with E-state index in [1.165, 1.54) is 6.92 Å². The molecule has 0 radical (unpaired) electrons. The van der Waals surface area contributed by atoms with Crippen molar-refractivity contribution in [1.82, 2.24) is 10.6 Å². The van der Waals surface area contributed by atoms with Gasteiger partial charge in [0, 0.05) is 18.8 Å². The molecule has 34 heavy (non-hydrogen) atoms. The van der Waals surface area contributed by atoms with Crippen LogP contribution in [0.4, 0.5) is 0 Å². The Bertz CT molecular complexity index is 639. The zero-order chi connectivity index (χ0) is 26.3. The van der Waals surface area contributed by atoms with Gasteiger partial charge in [0.2, 0.25) is 11.8 Å². The number of hydrogen-bond donors (Lipinski definition) is 5. The molecule has 5 atom stereocenters. The van der Waals surface area contributed by atoms with Gasteiger partial charge in [-0.25, -0.2) is 0 Å². The Labute approximate surface area is 205 Å². The van der Waals surface area contributed by atoms with E-state index in [0.29, 0.717) is 12.3 Å². The third-order valence-electron chi connectivity index (χ3n) is 6.25. The number of aliphatic hydroxyl groups is 1. The average Bonchev–Trinajstić information content (AvgIpc) is 2.78. The number of nitrogens with two attached hydrogens (primary N) is 2. The highest BCUT2D eigenvalue weighted by Gasteiger charge is 2.32. The molecule has 0 saturated heterocycles. The summed E-state index contributed by atoms with van der Waals surface area (Å²) in [6.45, 7) is 9.62. The van der Waals surface area contributed by atoms with Crippen LogP contribution in [0.3, 0.4) is 0 Å². The van der Waals surface area contributed by atoms with Gasteiger partial charge in [0.15, 0.2) is 11.6 Å². The predicted octanol–water partition coefficient (Wildman–Crippen LogP) is 1.44. The van der Waals surface area contributed by atoms with Gasteiger partial charge in [-0.3, -0.25) is 19.2 Å². The van der Waals surface area contributed by atoms with Gasteiger partial charge in [-0.15, -0.1) is 0 Å². The first-order valence-electron chi connectivity index (χ1n) is 12.7. The number of nitrogens with one attached hydrogen (secondary N) is 2. The van der Waals surface area contributed by atoms with E-state index < -0.39 is 30.0 Å². The molecule has 2 unspecified atom stereocenters. The predicted molar refractivity (Wildman–Crippen MR) is 134 cm³/mol. The van der Waals surface area contributed by atoms with E-state index in [1.54, 1.807) is 13.8 Å². The summed E-state index contributed by atoms with van der Waals surface area (Å²) in [7, 11) is 0. The summed E-state index contributed by atoms with van der Waals surface area (Å²) in [6.07, 6.45) is 3.30. The molecule has 0 aromatic carbocycles. The van der Waals surface area contributed by atoms with Crippen molar-refractivity contribution in [2.24, 2.45) is 29.2 Å². The zero-order valence-corrected chi connectivity index (χ0v) is 21.8. The Morgan fingerprint density at radius 3 is 1.94 bits per heavy atom. The van der Waals surface area contributed by atoms with Gasteiger partial charge in [0.1, 0.15) is 0 Å². The second kappa shape index (κ2) is 17.6.